The largest absolute Gasteiger partial charge is 0.359 e. The molecule has 0 aliphatic carbocycles. The lowest BCUT2D eigenvalue weighted by atomic mass is 9.99. The molecule has 2 heterocycles. The molecule has 1 fully saturated rings. The van der Waals surface area contributed by atoms with Crippen LogP contribution in [0.4, 0.5) is 0 Å². The van der Waals surface area contributed by atoms with E-state index in [9.17, 15) is 0 Å². The molecule has 1 aromatic rings. The van der Waals surface area contributed by atoms with E-state index < -0.39 is 0 Å². The number of guanidine groups is 1. The second kappa shape index (κ2) is 9.08. The summed E-state index contributed by atoms with van der Waals surface area (Å²) in [4.78, 5) is 4.29. The third-order valence-electron chi connectivity index (χ3n) is 4.14. The van der Waals surface area contributed by atoms with Crippen molar-refractivity contribution in [2.24, 2.45) is 4.99 Å². The topological polar surface area (TPSA) is 62.5 Å². The molecule has 2 N–H and O–H groups in total. The van der Waals surface area contributed by atoms with Gasteiger partial charge in [-0.15, -0.1) is 0 Å². The second-order valence-corrected chi connectivity index (χ2v) is 6.87. The van der Waals surface area contributed by atoms with Crippen molar-refractivity contribution in [3.05, 3.63) is 17.5 Å². The number of thioether (sulfide) groups is 1. The number of nitrogens with zero attached hydrogens (tertiary/aromatic N) is 2. The highest BCUT2D eigenvalue weighted by Crippen LogP contribution is 2.22. The molecule has 22 heavy (non-hydrogen) atoms. The van der Waals surface area contributed by atoms with Crippen molar-refractivity contribution in [1.82, 2.24) is 15.8 Å². The van der Waals surface area contributed by atoms with Crippen molar-refractivity contribution < 1.29 is 4.52 Å². The van der Waals surface area contributed by atoms with Crippen LogP contribution in [0.3, 0.4) is 0 Å². The zero-order valence-electron chi connectivity index (χ0n) is 13.9. The fraction of sp³-hybridized carbons (Fsp3) is 0.750. The van der Waals surface area contributed by atoms with Crippen LogP contribution < -0.4 is 10.6 Å². The highest BCUT2D eigenvalue weighted by atomic mass is 32.2. The van der Waals surface area contributed by atoms with E-state index in [1.54, 1.807) is 7.05 Å². The van der Waals surface area contributed by atoms with Gasteiger partial charge in [0.1, 0.15) is 0 Å². The maximum atomic E-state index is 5.43. The number of aromatic nitrogens is 1. The summed E-state index contributed by atoms with van der Waals surface area (Å²) in [6, 6.07) is 2.58. The van der Waals surface area contributed by atoms with Crippen LogP contribution in [-0.2, 0) is 6.54 Å². The van der Waals surface area contributed by atoms with Gasteiger partial charge in [-0.3, -0.25) is 4.99 Å². The molecule has 6 heteroatoms. The van der Waals surface area contributed by atoms with E-state index in [-0.39, 0.29) is 0 Å². The SMILES string of the molecule is CCC(CC)c1cc(CNC(=NC)NC2CCCSC2)on1. The zero-order chi connectivity index (χ0) is 15.8. The van der Waals surface area contributed by atoms with Crippen molar-refractivity contribution in [2.45, 2.75) is 58.0 Å². The van der Waals surface area contributed by atoms with E-state index in [4.69, 9.17) is 4.52 Å². The van der Waals surface area contributed by atoms with E-state index in [0.717, 1.165) is 36.0 Å². The quantitative estimate of drug-likeness (QED) is 0.622. The third-order valence-corrected chi connectivity index (χ3v) is 5.35. The molecule has 1 aliphatic rings. The Morgan fingerprint density at radius 2 is 2.32 bits per heavy atom. The normalized spacial score (nSPS) is 19.5. The van der Waals surface area contributed by atoms with E-state index in [2.05, 4.69) is 40.7 Å². The number of hydrogen-bond donors (Lipinski definition) is 2. The standard InChI is InChI=1S/C16H28N4OS/c1-4-12(5-2)15-9-14(21-20-15)10-18-16(17-3)19-13-7-6-8-22-11-13/h9,12-13H,4-8,10-11H2,1-3H3,(H2,17,18,19). The summed E-state index contributed by atoms with van der Waals surface area (Å²) in [5.41, 5.74) is 1.06. The van der Waals surface area contributed by atoms with Gasteiger partial charge in [0.2, 0.25) is 0 Å². The Morgan fingerprint density at radius 1 is 1.50 bits per heavy atom. The molecule has 1 unspecified atom stereocenters. The minimum atomic E-state index is 0.495. The Labute approximate surface area is 137 Å². The number of nitrogens with one attached hydrogen (secondary N) is 2. The first-order valence-electron chi connectivity index (χ1n) is 8.27. The van der Waals surface area contributed by atoms with Crippen LogP contribution in [0.1, 0.15) is 56.9 Å². The lowest BCUT2D eigenvalue weighted by molar-refractivity contribution is 0.367. The minimum absolute atomic E-state index is 0.495. The fourth-order valence-corrected chi connectivity index (χ4v) is 3.80. The van der Waals surface area contributed by atoms with Gasteiger partial charge < -0.3 is 15.2 Å². The van der Waals surface area contributed by atoms with Crippen molar-refractivity contribution in [2.75, 3.05) is 18.6 Å². The van der Waals surface area contributed by atoms with Gasteiger partial charge >= 0.3 is 0 Å². The summed E-state index contributed by atoms with van der Waals surface area (Å²) in [7, 11) is 1.81. The Bertz CT molecular complexity index is 464. The first kappa shape index (κ1) is 17.2. The number of rotatable bonds is 6. The molecular weight excluding hydrogens is 296 g/mol. The highest BCUT2D eigenvalue weighted by Gasteiger charge is 2.16. The van der Waals surface area contributed by atoms with Gasteiger partial charge in [0, 0.05) is 30.8 Å². The molecule has 1 saturated heterocycles. The Hall–Kier alpha value is -1.17. The van der Waals surface area contributed by atoms with Gasteiger partial charge in [-0.05, 0) is 31.4 Å². The molecule has 5 nitrogen and oxygen atoms in total. The monoisotopic (exact) mass is 324 g/mol. The van der Waals surface area contributed by atoms with E-state index in [1.807, 2.05) is 11.8 Å². The van der Waals surface area contributed by atoms with Gasteiger partial charge in [-0.1, -0.05) is 19.0 Å². The average Bonchev–Trinajstić information content (AvgIpc) is 3.02. The van der Waals surface area contributed by atoms with E-state index >= 15 is 0 Å². The second-order valence-electron chi connectivity index (χ2n) is 5.72. The van der Waals surface area contributed by atoms with E-state index in [0.29, 0.717) is 18.5 Å². The van der Waals surface area contributed by atoms with Crippen molar-refractivity contribution in [1.29, 1.82) is 0 Å². The van der Waals surface area contributed by atoms with Crippen LogP contribution in [0.2, 0.25) is 0 Å². The Morgan fingerprint density at radius 3 is 2.95 bits per heavy atom. The van der Waals surface area contributed by atoms with Crippen molar-refractivity contribution >= 4 is 17.7 Å². The highest BCUT2D eigenvalue weighted by molar-refractivity contribution is 7.99. The third kappa shape index (κ3) is 4.93. The average molecular weight is 324 g/mol. The van der Waals surface area contributed by atoms with Crippen LogP contribution in [0.5, 0.6) is 0 Å². The lowest BCUT2D eigenvalue weighted by Crippen LogP contribution is -2.45. The molecule has 0 radical (unpaired) electrons. The van der Waals surface area contributed by atoms with Crippen molar-refractivity contribution in [3.8, 4) is 0 Å². The molecule has 0 spiro atoms. The van der Waals surface area contributed by atoms with Gasteiger partial charge in [0.15, 0.2) is 11.7 Å². The van der Waals surface area contributed by atoms with Gasteiger partial charge in [-0.2, -0.15) is 11.8 Å². The molecule has 0 bridgehead atoms. The van der Waals surface area contributed by atoms with Crippen molar-refractivity contribution in [3.63, 3.8) is 0 Å². The molecule has 1 aliphatic heterocycles. The summed E-state index contributed by atoms with van der Waals surface area (Å²) in [6.07, 6.45) is 4.69. The van der Waals surface area contributed by atoms with Crippen LogP contribution in [0.15, 0.2) is 15.6 Å². The van der Waals surface area contributed by atoms with Crippen LogP contribution >= 0.6 is 11.8 Å². The van der Waals surface area contributed by atoms with Crippen LogP contribution in [-0.4, -0.2) is 35.7 Å². The maximum Gasteiger partial charge on any atom is 0.191 e. The van der Waals surface area contributed by atoms with Crippen LogP contribution in [0.25, 0.3) is 0 Å². The smallest absolute Gasteiger partial charge is 0.191 e. The van der Waals surface area contributed by atoms with Gasteiger partial charge in [-0.25, -0.2) is 0 Å². The molecular formula is C16H28N4OS. The molecule has 0 aromatic carbocycles. The predicted molar refractivity (Wildman–Crippen MR) is 93.5 cm³/mol. The molecule has 124 valence electrons. The minimum Gasteiger partial charge on any atom is -0.359 e. The maximum absolute atomic E-state index is 5.43. The molecule has 0 amide bonds. The molecule has 2 rings (SSSR count). The molecule has 1 aromatic heterocycles. The first-order chi connectivity index (χ1) is 10.8. The summed E-state index contributed by atoms with van der Waals surface area (Å²) >= 11 is 2.01. The summed E-state index contributed by atoms with van der Waals surface area (Å²) < 4.78 is 5.43. The number of aliphatic imine (C=N–C) groups is 1. The zero-order valence-corrected chi connectivity index (χ0v) is 14.7. The predicted octanol–water partition coefficient (Wildman–Crippen LogP) is 3.14. The first-order valence-corrected chi connectivity index (χ1v) is 9.42. The van der Waals surface area contributed by atoms with Gasteiger partial charge in [0.25, 0.3) is 0 Å². The number of hydrogen-bond acceptors (Lipinski definition) is 4. The molecule has 0 saturated carbocycles. The van der Waals surface area contributed by atoms with Crippen LogP contribution in [0, 0.1) is 0 Å². The lowest BCUT2D eigenvalue weighted by Gasteiger charge is -2.24. The van der Waals surface area contributed by atoms with E-state index in [1.165, 1.54) is 18.6 Å². The summed E-state index contributed by atoms with van der Waals surface area (Å²) in [6.45, 7) is 5.00. The Balaban J connectivity index is 1.82. The molecule has 1 atom stereocenters. The Kier molecular flexibility index (Phi) is 7.09. The summed E-state index contributed by atoms with van der Waals surface area (Å²) in [5.74, 6) is 4.63. The fourth-order valence-electron chi connectivity index (χ4n) is 2.73. The summed E-state index contributed by atoms with van der Waals surface area (Å²) in [5, 5.41) is 11.0. The van der Waals surface area contributed by atoms with Gasteiger partial charge in [0.05, 0.1) is 12.2 Å².